The Balaban J connectivity index is 2.36. The molecule has 1 heterocycles. The number of H-pyrrole nitrogens is 1. The molecule has 7 heteroatoms. The van der Waals surface area contributed by atoms with Crippen LogP contribution in [0.3, 0.4) is 0 Å². The van der Waals surface area contributed by atoms with Crippen molar-refractivity contribution in [2.24, 2.45) is 4.99 Å². The van der Waals surface area contributed by atoms with E-state index in [0.29, 0.717) is 18.7 Å². The van der Waals surface area contributed by atoms with Gasteiger partial charge in [0.1, 0.15) is 5.56 Å². The van der Waals surface area contributed by atoms with Gasteiger partial charge in [-0.15, -0.1) is 0 Å². The molecule has 7 nitrogen and oxygen atoms in total. The van der Waals surface area contributed by atoms with E-state index in [1.807, 2.05) is 21.0 Å². The third-order valence-corrected chi connectivity index (χ3v) is 4.75. The van der Waals surface area contributed by atoms with Crippen molar-refractivity contribution in [1.29, 1.82) is 0 Å². The second-order valence-electron chi connectivity index (χ2n) is 6.96. The third kappa shape index (κ3) is 4.81. The Morgan fingerprint density at radius 3 is 2.56 bits per heavy atom. The zero-order valence-corrected chi connectivity index (χ0v) is 15.5. The first-order valence-electron chi connectivity index (χ1n) is 9.21. The van der Waals surface area contributed by atoms with Crippen molar-refractivity contribution in [2.45, 2.75) is 57.9 Å². The van der Waals surface area contributed by atoms with Crippen molar-refractivity contribution in [1.82, 2.24) is 14.5 Å². The van der Waals surface area contributed by atoms with Gasteiger partial charge in [0.15, 0.2) is 0 Å². The van der Waals surface area contributed by atoms with Gasteiger partial charge in [-0.2, -0.15) is 0 Å². The minimum Gasteiger partial charge on any atom is -0.494 e. The Hall–Kier alpha value is -1.89. The second kappa shape index (κ2) is 8.99. The highest BCUT2D eigenvalue weighted by molar-refractivity contribution is 6.01. The molecule has 0 aromatic carbocycles. The van der Waals surface area contributed by atoms with Gasteiger partial charge in [0.05, 0.1) is 5.71 Å². The van der Waals surface area contributed by atoms with Gasteiger partial charge < -0.3 is 10.0 Å². The number of hydrogen-bond donors (Lipinski definition) is 2. The standard InChI is InChI=1S/C18H30N4O3/c1-4-14(19-11-8-12-21(2)3)15-16(23)20-18(25)22(17(15)24)13-9-6-5-7-10-13/h13,24H,4-12H2,1-3H3,(H,20,23,25). The minimum atomic E-state index is -0.553. The van der Waals surface area contributed by atoms with E-state index >= 15 is 0 Å². The van der Waals surface area contributed by atoms with E-state index in [4.69, 9.17) is 0 Å². The molecule has 0 amide bonds. The summed E-state index contributed by atoms with van der Waals surface area (Å²) in [6.45, 7) is 3.40. The summed E-state index contributed by atoms with van der Waals surface area (Å²) in [6, 6.07) is -0.0521. The largest absolute Gasteiger partial charge is 0.494 e. The van der Waals surface area contributed by atoms with Crippen LogP contribution in [0.4, 0.5) is 0 Å². The van der Waals surface area contributed by atoms with E-state index in [2.05, 4.69) is 14.9 Å². The summed E-state index contributed by atoms with van der Waals surface area (Å²) < 4.78 is 1.36. The molecular weight excluding hydrogens is 320 g/mol. The highest BCUT2D eigenvalue weighted by Gasteiger charge is 2.24. The van der Waals surface area contributed by atoms with Crippen LogP contribution in [0.5, 0.6) is 5.88 Å². The number of rotatable bonds is 7. The highest BCUT2D eigenvalue weighted by Crippen LogP contribution is 2.30. The third-order valence-electron chi connectivity index (χ3n) is 4.75. The van der Waals surface area contributed by atoms with E-state index < -0.39 is 11.2 Å². The molecule has 1 aromatic heterocycles. The lowest BCUT2D eigenvalue weighted by molar-refractivity contribution is 0.298. The lowest BCUT2D eigenvalue weighted by atomic mass is 9.95. The van der Waals surface area contributed by atoms with Crippen LogP contribution in [0.15, 0.2) is 14.6 Å². The van der Waals surface area contributed by atoms with Crippen molar-refractivity contribution >= 4 is 5.71 Å². The summed E-state index contributed by atoms with van der Waals surface area (Å²) in [4.78, 5) is 33.5. The number of aromatic nitrogens is 2. The molecule has 1 aromatic rings. The Kier molecular flexibility index (Phi) is 6.99. The zero-order chi connectivity index (χ0) is 18.4. The van der Waals surface area contributed by atoms with Gasteiger partial charge in [0, 0.05) is 12.6 Å². The maximum atomic E-state index is 12.3. The lowest BCUT2D eigenvalue weighted by Crippen LogP contribution is -2.36. The topological polar surface area (TPSA) is 90.7 Å². The predicted octanol–water partition coefficient (Wildman–Crippen LogP) is 1.90. The van der Waals surface area contributed by atoms with E-state index in [9.17, 15) is 14.7 Å². The maximum absolute atomic E-state index is 12.3. The number of hydrogen-bond acceptors (Lipinski definition) is 5. The Morgan fingerprint density at radius 2 is 1.96 bits per heavy atom. The molecule has 1 aliphatic carbocycles. The summed E-state index contributed by atoms with van der Waals surface area (Å²) in [5, 5.41) is 10.7. The molecular formula is C18H30N4O3. The summed E-state index contributed by atoms with van der Waals surface area (Å²) in [5.41, 5.74) is -0.372. The monoisotopic (exact) mass is 350 g/mol. The number of aromatic hydroxyl groups is 1. The molecule has 0 spiro atoms. The van der Waals surface area contributed by atoms with Gasteiger partial charge in [-0.05, 0) is 46.3 Å². The predicted molar refractivity (Wildman–Crippen MR) is 100.0 cm³/mol. The van der Waals surface area contributed by atoms with Gasteiger partial charge in [-0.25, -0.2) is 4.79 Å². The first-order valence-corrected chi connectivity index (χ1v) is 9.21. The highest BCUT2D eigenvalue weighted by atomic mass is 16.3. The van der Waals surface area contributed by atoms with E-state index in [0.717, 1.165) is 45.1 Å². The number of aliphatic imine (C=N–C) groups is 1. The molecule has 0 aliphatic heterocycles. The number of nitrogens with one attached hydrogen (secondary N) is 1. The number of nitrogens with zero attached hydrogens (tertiary/aromatic N) is 3. The van der Waals surface area contributed by atoms with Crippen molar-refractivity contribution in [3.05, 3.63) is 26.4 Å². The molecule has 25 heavy (non-hydrogen) atoms. The molecule has 1 saturated carbocycles. The molecule has 0 saturated heterocycles. The summed E-state index contributed by atoms with van der Waals surface area (Å²) in [7, 11) is 4.00. The molecule has 0 radical (unpaired) electrons. The van der Waals surface area contributed by atoms with Crippen LogP contribution in [-0.4, -0.2) is 52.5 Å². The smallest absolute Gasteiger partial charge is 0.331 e. The van der Waals surface area contributed by atoms with Crippen molar-refractivity contribution in [3.8, 4) is 5.88 Å². The molecule has 0 bridgehead atoms. The summed E-state index contributed by atoms with van der Waals surface area (Å²) >= 11 is 0. The van der Waals surface area contributed by atoms with Crippen LogP contribution in [0.1, 0.15) is 63.5 Å². The van der Waals surface area contributed by atoms with Crippen molar-refractivity contribution in [3.63, 3.8) is 0 Å². The molecule has 140 valence electrons. The Morgan fingerprint density at radius 1 is 1.28 bits per heavy atom. The fourth-order valence-corrected chi connectivity index (χ4v) is 3.44. The van der Waals surface area contributed by atoms with E-state index in [1.165, 1.54) is 4.57 Å². The van der Waals surface area contributed by atoms with Crippen LogP contribution in [-0.2, 0) is 0 Å². The molecule has 0 atom stereocenters. The first-order chi connectivity index (χ1) is 12.0. The SMILES string of the molecule is CCC(=NCCCN(C)C)c1c(O)n(C2CCCCC2)c(=O)[nH]c1=O. The van der Waals surface area contributed by atoms with E-state index in [1.54, 1.807) is 0 Å². The van der Waals surface area contributed by atoms with E-state index in [-0.39, 0.29) is 17.5 Å². The molecule has 1 fully saturated rings. The fraction of sp³-hybridized carbons (Fsp3) is 0.722. The van der Waals surface area contributed by atoms with Crippen LogP contribution >= 0.6 is 0 Å². The van der Waals surface area contributed by atoms with Crippen LogP contribution in [0, 0.1) is 0 Å². The van der Waals surface area contributed by atoms with Crippen LogP contribution in [0.25, 0.3) is 0 Å². The molecule has 1 aliphatic rings. The number of aromatic amines is 1. The van der Waals surface area contributed by atoms with Gasteiger partial charge >= 0.3 is 5.69 Å². The van der Waals surface area contributed by atoms with Gasteiger partial charge in [0.25, 0.3) is 5.56 Å². The lowest BCUT2D eigenvalue weighted by Gasteiger charge is -2.25. The quantitative estimate of drug-likeness (QED) is 0.580. The van der Waals surface area contributed by atoms with Crippen LogP contribution in [0.2, 0.25) is 0 Å². The summed E-state index contributed by atoms with van der Waals surface area (Å²) in [6.07, 6.45) is 6.31. The van der Waals surface area contributed by atoms with Gasteiger partial charge in [0.2, 0.25) is 5.88 Å². The van der Waals surface area contributed by atoms with Gasteiger partial charge in [-0.1, -0.05) is 26.2 Å². The maximum Gasteiger partial charge on any atom is 0.331 e. The molecule has 2 N–H and O–H groups in total. The molecule has 2 rings (SSSR count). The fourth-order valence-electron chi connectivity index (χ4n) is 3.44. The normalized spacial score (nSPS) is 16.6. The second-order valence-corrected chi connectivity index (χ2v) is 6.96. The Labute approximate surface area is 148 Å². The average molecular weight is 350 g/mol. The minimum absolute atomic E-state index is 0.0521. The van der Waals surface area contributed by atoms with Crippen molar-refractivity contribution in [2.75, 3.05) is 27.2 Å². The Bertz CT molecular complexity index is 712. The first kappa shape index (κ1) is 19.4. The summed E-state index contributed by atoms with van der Waals surface area (Å²) in [5.74, 6) is -0.228. The van der Waals surface area contributed by atoms with Crippen LogP contribution < -0.4 is 11.2 Å². The van der Waals surface area contributed by atoms with Gasteiger partial charge in [-0.3, -0.25) is 19.3 Å². The molecule has 0 unspecified atom stereocenters. The average Bonchev–Trinajstić information content (AvgIpc) is 2.57. The van der Waals surface area contributed by atoms with Crippen molar-refractivity contribution < 1.29 is 5.11 Å². The zero-order valence-electron chi connectivity index (χ0n) is 15.5.